The molecule has 0 amide bonds. The summed E-state index contributed by atoms with van der Waals surface area (Å²) in [5, 5.41) is 3.34. The number of nitrogens with two attached hydrogens (primary N) is 1. The van der Waals surface area contributed by atoms with E-state index in [0.29, 0.717) is 11.5 Å². The average molecular weight is 331 g/mol. The second-order valence-corrected chi connectivity index (χ2v) is 6.30. The SMILES string of the molecule is CCCc1nc2nc(N)nc(NCCCN(C)C)c2nc1CCC. The molecule has 24 heavy (non-hydrogen) atoms. The summed E-state index contributed by atoms with van der Waals surface area (Å²) in [4.78, 5) is 20.3. The van der Waals surface area contributed by atoms with Crippen LogP contribution in [0, 0.1) is 0 Å². The number of nitrogen functional groups attached to an aromatic ring is 1. The highest BCUT2D eigenvalue weighted by atomic mass is 15.1. The van der Waals surface area contributed by atoms with Crippen molar-refractivity contribution in [3.05, 3.63) is 11.4 Å². The number of anilines is 2. The number of fused-ring (bicyclic) bond motifs is 1. The number of aryl methyl sites for hydroxylation is 2. The zero-order valence-corrected chi connectivity index (χ0v) is 15.3. The second kappa shape index (κ2) is 8.73. The maximum atomic E-state index is 5.86. The van der Waals surface area contributed by atoms with E-state index in [1.54, 1.807) is 0 Å². The molecule has 0 saturated carbocycles. The Labute approximate surface area is 144 Å². The minimum atomic E-state index is 0.234. The Bertz CT molecular complexity index is 670. The molecular formula is C17H29N7. The third-order valence-electron chi connectivity index (χ3n) is 3.75. The maximum Gasteiger partial charge on any atom is 0.224 e. The standard InChI is InChI=1S/C17H29N7/c1-5-8-12-13(9-6-2)21-16-14(20-12)15(22-17(18)23-16)19-10-7-11-24(3)4/h5-11H2,1-4H3,(H3,18,19,21,22,23). The van der Waals surface area contributed by atoms with Crippen LogP contribution in [0.2, 0.25) is 0 Å². The van der Waals surface area contributed by atoms with Gasteiger partial charge in [0.1, 0.15) is 0 Å². The van der Waals surface area contributed by atoms with Crippen LogP contribution in [-0.2, 0) is 12.8 Å². The third-order valence-corrected chi connectivity index (χ3v) is 3.75. The van der Waals surface area contributed by atoms with E-state index in [4.69, 9.17) is 15.7 Å². The lowest BCUT2D eigenvalue weighted by atomic mass is 10.1. The molecule has 7 nitrogen and oxygen atoms in total. The molecule has 3 N–H and O–H groups in total. The van der Waals surface area contributed by atoms with Crippen molar-refractivity contribution in [3.63, 3.8) is 0 Å². The lowest BCUT2D eigenvalue weighted by Crippen LogP contribution is -2.17. The quantitative estimate of drug-likeness (QED) is 0.681. The Balaban J connectivity index is 2.34. The van der Waals surface area contributed by atoms with E-state index in [2.05, 4.69) is 48.1 Å². The Morgan fingerprint density at radius 2 is 1.62 bits per heavy atom. The summed E-state index contributed by atoms with van der Waals surface area (Å²) in [5.74, 6) is 0.918. The normalized spacial score (nSPS) is 11.4. The van der Waals surface area contributed by atoms with Crippen LogP contribution in [0.3, 0.4) is 0 Å². The Hall–Kier alpha value is -2.02. The summed E-state index contributed by atoms with van der Waals surface area (Å²) < 4.78 is 0. The first kappa shape index (κ1) is 18.3. The van der Waals surface area contributed by atoms with Crippen molar-refractivity contribution < 1.29 is 0 Å². The molecule has 2 rings (SSSR count). The Kier molecular flexibility index (Phi) is 6.66. The molecule has 0 fully saturated rings. The molecule has 0 spiro atoms. The van der Waals surface area contributed by atoms with Crippen molar-refractivity contribution >= 4 is 22.9 Å². The van der Waals surface area contributed by atoms with E-state index in [-0.39, 0.29) is 5.95 Å². The first-order valence-corrected chi connectivity index (χ1v) is 8.76. The van der Waals surface area contributed by atoms with Crippen molar-refractivity contribution in [1.82, 2.24) is 24.8 Å². The van der Waals surface area contributed by atoms with E-state index in [0.717, 1.165) is 62.1 Å². The van der Waals surface area contributed by atoms with Crippen LogP contribution in [0.25, 0.3) is 11.2 Å². The predicted octanol–water partition coefficient (Wildman–Crippen LogP) is 2.27. The summed E-state index contributed by atoms with van der Waals surface area (Å²) >= 11 is 0. The van der Waals surface area contributed by atoms with Crippen LogP contribution < -0.4 is 11.1 Å². The molecule has 0 unspecified atom stereocenters. The van der Waals surface area contributed by atoms with Crippen molar-refractivity contribution in [3.8, 4) is 0 Å². The summed E-state index contributed by atoms with van der Waals surface area (Å²) in [6.45, 7) is 6.12. The van der Waals surface area contributed by atoms with Crippen LogP contribution in [0.1, 0.15) is 44.5 Å². The third kappa shape index (κ3) is 4.74. The minimum Gasteiger partial charge on any atom is -0.368 e. The van der Waals surface area contributed by atoms with Gasteiger partial charge in [0, 0.05) is 6.54 Å². The highest BCUT2D eigenvalue weighted by Gasteiger charge is 2.14. The fraction of sp³-hybridized carbons (Fsp3) is 0.647. The van der Waals surface area contributed by atoms with Gasteiger partial charge in [-0.25, -0.2) is 9.97 Å². The maximum absolute atomic E-state index is 5.86. The monoisotopic (exact) mass is 331 g/mol. The zero-order chi connectivity index (χ0) is 17.5. The molecule has 132 valence electrons. The summed E-state index contributed by atoms with van der Waals surface area (Å²) in [6, 6.07) is 0. The first-order valence-electron chi connectivity index (χ1n) is 8.76. The van der Waals surface area contributed by atoms with Crippen LogP contribution >= 0.6 is 0 Å². The number of aromatic nitrogens is 4. The topological polar surface area (TPSA) is 92.8 Å². The number of nitrogens with zero attached hydrogens (tertiary/aromatic N) is 5. The van der Waals surface area contributed by atoms with Gasteiger partial charge in [0.2, 0.25) is 5.95 Å². The molecule has 2 heterocycles. The van der Waals surface area contributed by atoms with E-state index < -0.39 is 0 Å². The number of hydrogen-bond acceptors (Lipinski definition) is 7. The molecule has 0 aromatic carbocycles. The fourth-order valence-electron chi connectivity index (χ4n) is 2.63. The lowest BCUT2D eigenvalue weighted by Gasteiger charge is -2.13. The molecule has 0 aliphatic carbocycles. The van der Waals surface area contributed by atoms with Gasteiger partial charge < -0.3 is 16.0 Å². The van der Waals surface area contributed by atoms with Crippen molar-refractivity contribution in [2.24, 2.45) is 0 Å². The highest BCUT2D eigenvalue weighted by Crippen LogP contribution is 2.21. The van der Waals surface area contributed by atoms with Crippen LogP contribution in [-0.4, -0.2) is 52.0 Å². The fourth-order valence-corrected chi connectivity index (χ4v) is 2.63. The molecule has 2 aromatic rings. The number of hydrogen-bond donors (Lipinski definition) is 2. The van der Waals surface area contributed by atoms with E-state index in [1.807, 2.05) is 0 Å². The average Bonchev–Trinajstić information content (AvgIpc) is 2.52. The van der Waals surface area contributed by atoms with Gasteiger partial charge in [0.15, 0.2) is 17.0 Å². The summed E-state index contributed by atoms with van der Waals surface area (Å²) in [5.41, 5.74) is 9.25. The smallest absolute Gasteiger partial charge is 0.224 e. The lowest BCUT2D eigenvalue weighted by molar-refractivity contribution is 0.405. The van der Waals surface area contributed by atoms with Gasteiger partial charge >= 0.3 is 0 Å². The molecular weight excluding hydrogens is 302 g/mol. The van der Waals surface area contributed by atoms with Gasteiger partial charge in [-0.2, -0.15) is 9.97 Å². The molecule has 0 radical (unpaired) electrons. The van der Waals surface area contributed by atoms with Gasteiger partial charge in [-0.05, 0) is 39.9 Å². The molecule has 0 saturated heterocycles. The minimum absolute atomic E-state index is 0.234. The van der Waals surface area contributed by atoms with Crippen molar-refractivity contribution in [2.75, 3.05) is 38.2 Å². The van der Waals surface area contributed by atoms with Gasteiger partial charge in [-0.15, -0.1) is 0 Å². The molecule has 0 bridgehead atoms. The Morgan fingerprint density at radius 3 is 2.25 bits per heavy atom. The summed E-state index contributed by atoms with van der Waals surface area (Å²) in [6.07, 6.45) is 4.92. The van der Waals surface area contributed by atoms with E-state index in [9.17, 15) is 0 Å². The second-order valence-electron chi connectivity index (χ2n) is 6.30. The van der Waals surface area contributed by atoms with Gasteiger partial charge in [0.25, 0.3) is 0 Å². The first-order chi connectivity index (χ1) is 11.5. The van der Waals surface area contributed by atoms with Gasteiger partial charge in [-0.1, -0.05) is 26.7 Å². The van der Waals surface area contributed by atoms with Gasteiger partial charge in [-0.3, -0.25) is 0 Å². The van der Waals surface area contributed by atoms with E-state index >= 15 is 0 Å². The molecule has 0 aliphatic rings. The molecule has 0 aliphatic heterocycles. The van der Waals surface area contributed by atoms with Gasteiger partial charge in [0.05, 0.1) is 11.4 Å². The highest BCUT2D eigenvalue weighted by molar-refractivity contribution is 5.83. The molecule has 0 atom stereocenters. The van der Waals surface area contributed by atoms with Crippen molar-refractivity contribution in [2.45, 2.75) is 46.0 Å². The molecule has 7 heteroatoms. The van der Waals surface area contributed by atoms with Crippen LogP contribution in [0.4, 0.5) is 11.8 Å². The van der Waals surface area contributed by atoms with Crippen LogP contribution in [0.5, 0.6) is 0 Å². The van der Waals surface area contributed by atoms with Crippen LogP contribution in [0.15, 0.2) is 0 Å². The zero-order valence-electron chi connectivity index (χ0n) is 15.3. The predicted molar refractivity (Wildman–Crippen MR) is 99.2 cm³/mol. The Morgan fingerprint density at radius 1 is 0.958 bits per heavy atom. The molecule has 2 aromatic heterocycles. The number of nitrogens with one attached hydrogen (secondary N) is 1. The van der Waals surface area contributed by atoms with E-state index in [1.165, 1.54) is 0 Å². The summed E-state index contributed by atoms with van der Waals surface area (Å²) in [7, 11) is 4.13. The number of rotatable bonds is 9. The van der Waals surface area contributed by atoms with Crippen molar-refractivity contribution in [1.29, 1.82) is 0 Å². The largest absolute Gasteiger partial charge is 0.368 e.